The van der Waals surface area contributed by atoms with Crippen LogP contribution in [0, 0.1) is 5.92 Å². The van der Waals surface area contributed by atoms with E-state index < -0.39 is 0 Å². The van der Waals surface area contributed by atoms with E-state index >= 15 is 0 Å². The van der Waals surface area contributed by atoms with Crippen molar-refractivity contribution in [1.82, 2.24) is 0 Å². The summed E-state index contributed by atoms with van der Waals surface area (Å²) in [5.41, 5.74) is 2.37. The molecule has 172 valence electrons. The fourth-order valence-electron chi connectivity index (χ4n) is 3.57. The van der Waals surface area contributed by atoms with E-state index in [1.165, 1.54) is 26.1 Å². The molecule has 0 aliphatic carbocycles. The summed E-state index contributed by atoms with van der Waals surface area (Å²) in [4.78, 5) is 13.4. The number of methoxy groups -OCH3 is 1. The number of Topliss-reactive ketones (excluding diaryl/α,β-unsaturated/α-hetero) is 1. The minimum absolute atomic E-state index is 0.121. The Bertz CT molecular complexity index is 1110. The lowest BCUT2D eigenvalue weighted by Crippen LogP contribution is -2.20. The number of carbonyl (C=O) groups is 1. The smallest absolute Gasteiger partial charge is 0.136 e. The number of thiophene rings is 1. The van der Waals surface area contributed by atoms with Gasteiger partial charge >= 0.3 is 0 Å². The Kier molecular flexibility index (Phi) is 9.08. The van der Waals surface area contributed by atoms with Gasteiger partial charge in [-0.05, 0) is 84.8 Å². The number of fused-ring (bicyclic) bond motifs is 1. The Balaban J connectivity index is 0.00000149. The normalized spacial score (nSPS) is 11.4. The van der Waals surface area contributed by atoms with Crippen LogP contribution in [0.15, 0.2) is 78.9 Å². The van der Waals surface area contributed by atoms with Crippen molar-refractivity contribution in [2.24, 2.45) is 5.92 Å². The maximum absolute atomic E-state index is 12.1. The number of hydrogen-bond donors (Lipinski definition) is 0. The van der Waals surface area contributed by atoms with Crippen LogP contribution in [0.1, 0.15) is 32.8 Å². The summed E-state index contributed by atoms with van der Waals surface area (Å²) in [6.07, 6.45) is 1.60. The summed E-state index contributed by atoms with van der Waals surface area (Å²) in [5, 5.41) is 1.27. The van der Waals surface area contributed by atoms with E-state index in [9.17, 15) is 4.79 Å². The lowest BCUT2D eigenvalue weighted by molar-refractivity contribution is -0.121. The van der Waals surface area contributed by atoms with Crippen LogP contribution in [0.4, 0.5) is 0 Å². The topological polar surface area (TPSA) is 35.5 Å². The molecule has 1 heterocycles. The third-order valence-corrected chi connectivity index (χ3v) is 6.70. The van der Waals surface area contributed by atoms with Crippen molar-refractivity contribution in [3.05, 3.63) is 84.4 Å². The second-order valence-corrected chi connectivity index (χ2v) is 8.76. The van der Waals surface area contributed by atoms with Crippen LogP contribution in [0.25, 0.3) is 20.5 Å². The van der Waals surface area contributed by atoms with Crippen molar-refractivity contribution in [3.63, 3.8) is 0 Å². The van der Waals surface area contributed by atoms with E-state index in [4.69, 9.17) is 9.47 Å². The predicted octanol–water partition coefficient (Wildman–Crippen LogP) is 7.82. The lowest BCUT2D eigenvalue weighted by atomic mass is 9.97. The number of rotatable bonds is 9. The predicted molar refractivity (Wildman–Crippen MR) is 140 cm³/mol. The molecule has 0 saturated heterocycles. The van der Waals surface area contributed by atoms with Gasteiger partial charge in [0.25, 0.3) is 0 Å². The largest absolute Gasteiger partial charge is 0.497 e. The van der Waals surface area contributed by atoms with Gasteiger partial charge in [0.1, 0.15) is 17.3 Å². The van der Waals surface area contributed by atoms with Gasteiger partial charge in [-0.3, -0.25) is 4.79 Å². The van der Waals surface area contributed by atoms with Crippen LogP contribution >= 0.6 is 11.3 Å². The summed E-state index contributed by atoms with van der Waals surface area (Å²) in [6, 6.07) is 26.8. The number of benzene rings is 3. The second kappa shape index (κ2) is 12.2. The molecule has 0 radical (unpaired) electrons. The third kappa shape index (κ3) is 6.69. The molecule has 4 heteroatoms. The standard InChI is InChI=1S/C27H26O3S.C2H6/c1-19(28)23(10-7-20-8-13-24(29-2)14-9-20)18-30-25-15-11-21(12-16-25)27-17-22-5-3-4-6-26(22)31-27;1-2/h3-6,8-9,11-17,23H,7,10,18H2,1-2H3;1-2H3. The molecule has 4 aromatic rings. The van der Waals surface area contributed by atoms with E-state index in [0.29, 0.717) is 6.61 Å². The number of ether oxygens (including phenoxy) is 2. The lowest BCUT2D eigenvalue weighted by Gasteiger charge is -2.15. The van der Waals surface area contributed by atoms with Gasteiger partial charge in [0.15, 0.2) is 0 Å². The van der Waals surface area contributed by atoms with Gasteiger partial charge in [-0.1, -0.05) is 44.2 Å². The SMILES string of the molecule is CC.COc1ccc(CCC(COc2ccc(-c3cc4ccccc4s3)cc2)C(C)=O)cc1. The first kappa shape index (κ1) is 24.5. The van der Waals surface area contributed by atoms with Crippen LogP contribution in [-0.2, 0) is 11.2 Å². The van der Waals surface area contributed by atoms with Gasteiger partial charge in [0.05, 0.1) is 19.6 Å². The summed E-state index contributed by atoms with van der Waals surface area (Å²) in [7, 11) is 1.66. The van der Waals surface area contributed by atoms with Crippen molar-refractivity contribution in [3.8, 4) is 21.9 Å². The molecule has 1 unspecified atom stereocenters. The molecule has 33 heavy (non-hydrogen) atoms. The van der Waals surface area contributed by atoms with Gasteiger partial charge in [-0.2, -0.15) is 0 Å². The maximum atomic E-state index is 12.1. The van der Waals surface area contributed by atoms with Crippen molar-refractivity contribution >= 4 is 27.2 Å². The van der Waals surface area contributed by atoms with Crippen molar-refractivity contribution < 1.29 is 14.3 Å². The molecule has 0 N–H and O–H groups in total. The number of aryl methyl sites for hydroxylation is 1. The number of ketones is 1. The number of carbonyl (C=O) groups excluding carboxylic acids is 1. The fourth-order valence-corrected chi connectivity index (χ4v) is 4.64. The molecule has 0 aliphatic rings. The van der Waals surface area contributed by atoms with E-state index in [1.807, 2.05) is 50.2 Å². The zero-order valence-electron chi connectivity index (χ0n) is 19.8. The fraction of sp³-hybridized carbons (Fsp3) is 0.276. The molecule has 0 spiro atoms. The molecule has 0 saturated carbocycles. The van der Waals surface area contributed by atoms with Crippen molar-refractivity contribution in [2.45, 2.75) is 33.6 Å². The molecule has 4 rings (SSSR count). The summed E-state index contributed by atoms with van der Waals surface area (Å²) >= 11 is 1.79. The van der Waals surface area contributed by atoms with Crippen LogP contribution in [0.3, 0.4) is 0 Å². The molecule has 0 aliphatic heterocycles. The Morgan fingerprint density at radius 3 is 2.21 bits per heavy atom. The Labute approximate surface area is 201 Å². The van der Waals surface area contributed by atoms with E-state index in [1.54, 1.807) is 25.4 Å². The minimum Gasteiger partial charge on any atom is -0.497 e. The minimum atomic E-state index is -0.121. The first-order valence-electron chi connectivity index (χ1n) is 11.5. The summed E-state index contributed by atoms with van der Waals surface area (Å²) < 4.78 is 12.5. The third-order valence-electron chi connectivity index (χ3n) is 5.53. The van der Waals surface area contributed by atoms with Crippen LogP contribution in [0.5, 0.6) is 11.5 Å². The first-order valence-corrected chi connectivity index (χ1v) is 12.3. The van der Waals surface area contributed by atoms with E-state index in [0.717, 1.165) is 24.3 Å². The van der Waals surface area contributed by atoms with Gasteiger partial charge in [-0.15, -0.1) is 11.3 Å². The molecular weight excluding hydrogens is 428 g/mol. The van der Waals surface area contributed by atoms with E-state index in [-0.39, 0.29) is 11.7 Å². The van der Waals surface area contributed by atoms with Crippen LogP contribution < -0.4 is 9.47 Å². The average molecular weight is 461 g/mol. The maximum Gasteiger partial charge on any atom is 0.136 e. The van der Waals surface area contributed by atoms with Crippen LogP contribution in [0.2, 0.25) is 0 Å². The average Bonchev–Trinajstić information content (AvgIpc) is 3.30. The van der Waals surface area contributed by atoms with Crippen molar-refractivity contribution in [1.29, 1.82) is 0 Å². The first-order chi connectivity index (χ1) is 16.1. The van der Waals surface area contributed by atoms with Gasteiger partial charge in [0, 0.05) is 9.58 Å². The summed E-state index contributed by atoms with van der Waals surface area (Å²) in [6.45, 7) is 6.04. The van der Waals surface area contributed by atoms with Gasteiger partial charge in [-0.25, -0.2) is 0 Å². The highest BCUT2D eigenvalue weighted by Gasteiger charge is 2.15. The summed E-state index contributed by atoms with van der Waals surface area (Å²) in [5.74, 6) is 1.68. The monoisotopic (exact) mass is 460 g/mol. The van der Waals surface area contributed by atoms with Gasteiger partial charge in [0.2, 0.25) is 0 Å². The van der Waals surface area contributed by atoms with E-state index in [2.05, 4.69) is 42.5 Å². The molecule has 0 fully saturated rings. The highest BCUT2D eigenvalue weighted by molar-refractivity contribution is 7.22. The van der Waals surface area contributed by atoms with Crippen molar-refractivity contribution in [2.75, 3.05) is 13.7 Å². The zero-order valence-corrected chi connectivity index (χ0v) is 20.7. The number of hydrogen-bond acceptors (Lipinski definition) is 4. The van der Waals surface area contributed by atoms with Crippen LogP contribution in [-0.4, -0.2) is 19.5 Å². The molecular formula is C29H32O3S. The Morgan fingerprint density at radius 1 is 0.909 bits per heavy atom. The quantitative estimate of drug-likeness (QED) is 0.255. The molecule has 3 nitrogen and oxygen atoms in total. The highest BCUT2D eigenvalue weighted by Crippen LogP contribution is 2.34. The molecule has 1 atom stereocenters. The Morgan fingerprint density at radius 2 is 1.58 bits per heavy atom. The Hall–Kier alpha value is -3.11. The zero-order chi connectivity index (χ0) is 23.6. The molecule has 1 aromatic heterocycles. The second-order valence-electron chi connectivity index (χ2n) is 7.68. The molecule has 3 aromatic carbocycles. The molecule has 0 amide bonds. The molecule has 0 bridgehead atoms. The highest BCUT2D eigenvalue weighted by atomic mass is 32.1. The van der Waals surface area contributed by atoms with Gasteiger partial charge < -0.3 is 9.47 Å².